The Morgan fingerprint density at radius 1 is 1.40 bits per heavy atom. The summed E-state index contributed by atoms with van der Waals surface area (Å²) in [5.74, 6) is -0.131. The van der Waals surface area contributed by atoms with Crippen molar-refractivity contribution in [2.45, 2.75) is 31.7 Å². The topological polar surface area (TPSA) is 84.5 Å². The van der Waals surface area contributed by atoms with Crippen LogP contribution in [0.25, 0.3) is 0 Å². The molecule has 1 rings (SSSR count). The van der Waals surface area contributed by atoms with Crippen LogP contribution in [0.5, 0.6) is 5.75 Å². The Kier molecular flexibility index (Phi) is 5.52. The molecule has 112 valence electrons. The highest BCUT2D eigenvalue weighted by molar-refractivity contribution is 7.89. The van der Waals surface area contributed by atoms with E-state index in [1.165, 1.54) is 20.1 Å². The van der Waals surface area contributed by atoms with Crippen LogP contribution in [0.3, 0.4) is 0 Å². The predicted octanol–water partition coefficient (Wildman–Crippen LogP) is 0.807. The molecule has 0 spiro atoms. The van der Waals surface area contributed by atoms with Crippen molar-refractivity contribution in [2.24, 2.45) is 0 Å². The van der Waals surface area contributed by atoms with Crippen LogP contribution < -0.4 is 14.8 Å². The first-order valence-corrected chi connectivity index (χ1v) is 7.74. The fourth-order valence-corrected chi connectivity index (χ4v) is 3.13. The zero-order valence-corrected chi connectivity index (χ0v) is 12.9. The summed E-state index contributed by atoms with van der Waals surface area (Å²) in [6.07, 6.45) is 0. The van der Waals surface area contributed by atoms with Crippen LogP contribution in [-0.4, -0.2) is 34.0 Å². The zero-order valence-electron chi connectivity index (χ0n) is 12.1. The van der Waals surface area contributed by atoms with Gasteiger partial charge in [-0.05, 0) is 38.5 Å². The Balaban J connectivity index is 3.05. The van der Waals surface area contributed by atoms with Crippen LogP contribution in [0.1, 0.15) is 19.4 Å². The molecule has 20 heavy (non-hydrogen) atoms. The molecular weight excluding hydrogens is 280 g/mol. The van der Waals surface area contributed by atoms with Gasteiger partial charge in [-0.1, -0.05) is 6.07 Å². The Morgan fingerprint density at radius 3 is 2.60 bits per heavy atom. The summed E-state index contributed by atoms with van der Waals surface area (Å²) in [5.41, 5.74) is 0.789. The van der Waals surface area contributed by atoms with Crippen LogP contribution in [0, 0.1) is 6.92 Å². The molecule has 7 heteroatoms. The summed E-state index contributed by atoms with van der Waals surface area (Å²) in [5, 5.41) is 2.56. The standard InChI is InChI=1S/C13H20N2O4S/c1-5-14-13(16)10(3)15-20(17,18)12-8-9(2)6-7-11(12)19-4/h6-8,10,15H,5H2,1-4H3,(H,14,16)/t10-/m0/s1. The van der Waals surface area contributed by atoms with Crippen molar-refractivity contribution >= 4 is 15.9 Å². The van der Waals surface area contributed by atoms with Gasteiger partial charge in [-0.15, -0.1) is 0 Å². The number of benzene rings is 1. The van der Waals surface area contributed by atoms with E-state index in [1.807, 2.05) is 0 Å². The molecule has 2 N–H and O–H groups in total. The Hall–Kier alpha value is -1.60. The number of sulfonamides is 1. The molecule has 0 radical (unpaired) electrons. The van der Waals surface area contributed by atoms with Crippen LogP contribution in [0.2, 0.25) is 0 Å². The van der Waals surface area contributed by atoms with Gasteiger partial charge in [-0.25, -0.2) is 8.42 Å². The number of carbonyl (C=O) groups is 1. The number of amides is 1. The van der Waals surface area contributed by atoms with E-state index in [9.17, 15) is 13.2 Å². The van der Waals surface area contributed by atoms with Crippen molar-refractivity contribution in [1.29, 1.82) is 0 Å². The number of aryl methyl sites for hydroxylation is 1. The van der Waals surface area contributed by atoms with Crippen molar-refractivity contribution < 1.29 is 17.9 Å². The number of rotatable bonds is 6. The third-order valence-corrected chi connectivity index (χ3v) is 4.25. The first-order chi connectivity index (χ1) is 9.31. The summed E-state index contributed by atoms with van der Waals surface area (Å²) in [7, 11) is -2.42. The molecule has 6 nitrogen and oxygen atoms in total. The molecule has 0 heterocycles. The lowest BCUT2D eigenvalue weighted by atomic mass is 10.2. The number of methoxy groups -OCH3 is 1. The van der Waals surface area contributed by atoms with E-state index < -0.39 is 16.1 Å². The van der Waals surface area contributed by atoms with Crippen molar-refractivity contribution in [1.82, 2.24) is 10.0 Å². The van der Waals surface area contributed by atoms with Crippen LogP contribution in [0.4, 0.5) is 0 Å². The van der Waals surface area contributed by atoms with E-state index in [0.717, 1.165) is 5.56 Å². The number of hydrogen-bond acceptors (Lipinski definition) is 4. The Morgan fingerprint density at radius 2 is 2.05 bits per heavy atom. The molecule has 0 saturated heterocycles. The van der Waals surface area contributed by atoms with Crippen LogP contribution >= 0.6 is 0 Å². The molecular formula is C13H20N2O4S. The lowest BCUT2D eigenvalue weighted by Gasteiger charge is -2.15. The summed E-state index contributed by atoms with van der Waals surface area (Å²) < 4.78 is 32.0. The smallest absolute Gasteiger partial charge is 0.244 e. The van der Waals surface area contributed by atoms with E-state index in [-0.39, 0.29) is 16.6 Å². The van der Waals surface area contributed by atoms with Crippen LogP contribution in [-0.2, 0) is 14.8 Å². The first kappa shape index (κ1) is 16.5. The molecule has 0 aliphatic carbocycles. The highest BCUT2D eigenvalue weighted by Gasteiger charge is 2.24. The average molecular weight is 300 g/mol. The normalized spacial score (nSPS) is 12.8. The maximum absolute atomic E-state index is 12.3. The second-order valence-electron chi connectivity index (χ2n) is 4.39. The molecule has 0 saturated carbocycles. The number of hydrogen-bond donors (Lipinski definition) is 2. The molecule has 0 aliphatic heterocycles. The number of nitrogens with one attached hydrogen (secondary N) is 2. The van der Waals surface area contributed by atoms with Gasteiger partial charge in [-0.3, -0.25) is 4.79 Å². The van der Waals surface area contributed by atoms with Crippen LogP contribution in [0.15, 0.2) is 23.1 Å². The van der Waals surface area contributed by atoms with E-state index in [4.69, 9.17) is 4.74 Å². The highest BCUT2D eigenvalue weighted by Crippen LogP contribution is 2.24. The molecule has 1 atom stereocenters. The minimum atomic E-state index is -3.82. The molecule has 1 amide bonds. The van der Waals surface area contributed by atoms with Gasteiger partial charge < -0.3 is 10.1 Å². The molecule has 0 unspecified atom stereocenters. The SMILES string of the molecule is CCNC(=O)[C@H](C)NS(=O)(=O)c1cc(C)ccc1OC. The van der Waals surface area contributed by atoms with E-state index in [1.54, 1.807) is 26.0 Å². The van der Waals surface area contributed by atoms with Gasteiger partial charge in [0.25, 0.3) is 0 Å². The van der Waals surface area contributed by atoms with Gasteiger partial charge in [0, 0.05) is 6.54 Å². The fourth-order valence-electron chi connectivity index (χ4n) is 1.67. The quantitative estimate of drug-likeness (QED) is 0.814. The monoisotopic (exact) mass is 300 g/mol. The minimum Gasteiger partial charge on any atom is -0.495 e. The number of carbonyl (C=O) groups excluding carboxylic acids is 1. The Bertz CT molecular complexity index is 584. The largest absolute Gasteiger partial charge is 0.495 e. The molecule has 0 aromatic heterocycles. The maximum Gasteiger partial charge on any atom is 0.244 e. The predicted molar refractivity (Wildman–Crippen MR) is 76.2 cm³/mol. The second kappa shape index (κ2) is 6.71. The van der Waals surface area contributed by atoms with E-state index in [0.29, 0.717) is 6.54 Å². The van der Waals surface area contributed by atoms with Crippen molar-refractivity contribution in [2.75, 3.05) is 13.7 Å². The summed E-state index contributed by atoms with van der Waals surface area (Å²) >= 11 is 0. The highest BCUT2D eigenvalue weighted by atomic mass is 32.2. The van der Waals surface area contributed by atoms with Gasteiger partial charge in [-0.2, -0.15) is 4.72 Å². The van der Waals surface area contributed by atoms with Crippen molar-refractivity contribution in [3.63, 3.8) is 0 Å². The molecule has 1 aromatic carbocycles. The zero-order chi connectivity index (χ0) is 15.3. The van der Waals surface area contributed by atoms with Gasteiger partial charge >= 0.3 is 0 Å². The summed E-state index contributed by atoms with van der Waals surface area (Å²) in [6.45, 7) is 5.48. The molecule has 0 fully saturated rings. The van der Waals surface area contributed by atoms with Gasteiger partial charge in [0.2, 0.25) is 15.9 Å². The maximum atomic E-state index is 12.3. The molecule has 0 aliphatic rings. The molecule has 0 bridgehead atoms. The fraction of sp³-hybridized carbons (Fsp3) is 0.462. The molecule has 1 aromatic rings. The third kappa shape index (κ3) is 3.94. The minimum absolute atomic E-state index is 0.0242. The third-order valence-electron chi connectivity index (χ3n) is 2.68. The first-order valence-electron chi connectivity index (χ1n) is 6.26. The van der Waals surface area contributed by atoms with Gasteiger partial charge in [0.15, 0.2) is 0 Å². The summed E-state index contributed by atoms with van der Waals surface area (Å²) in [6, 6.07) is 3.99. The Labute approximate surface area is 119 Å². The van der Waals surface area contributed by atoms with E-state index >= 15 is 0 Å². The number of ether oxygens (including phenoxy) is 1. The van der Waals surface area contributed by atoms with Crippen molar-refractivity contribution in [3.05, 3.63) is 23.8 Å². The van der Waals surface area contributed by atoms with E-state index in [2.05, 4.69) is 10.0 Å². The second-order valence-corrected chi connectivity index (χ2v) is 6.07. The average Bonchev–Trinajstić information content (AvgIpc) is 2.38. The van der Waals surface area contributed by atoms with Crippen molar-refractivity contribution in [3.8, 4) is 5.75 Å². The van der Waals surface area contributed by atoms with Gasteiger partial charge in [0.05, 0.1) is 13.2 Å². The lowest BCUT2D eigenvalue weighted by molar-refractivity contribution is -0.122. The number of likely N-dealkylation sites (N-methyl/N-ethyl adjacent to an activating group) is 1. The lowest BCUT2D eigenvalue weighted by Crippen LogP contribution is -2.44. The summed E-state index contributed by atoms with van der Waals surface area (Å²) in [4.78, 5) is 11.6. The van der Waals surface area contributed by atoms with Gasteiger partial charge in [0.1, 0.15) is 10.6 Å².